The molecule has 0 atom stereocenters. The molecule has 0 saturated carbocycles. The van der Waals surface area contributed by atoms with Crippen LogP contribution in [0.4, 0.5) is 18.9 Å². The number of anilines is 1. The van der Waals surface area contributed by atoms with Crippen LogP contribution in [0.15, 0.2) is 36.4 Å². The number of hydrogen-bond acceptors (Lipinski definition) is 3. The lowest BCUT2D eigenvalue weighted by Gasteiger charge is -2.14. The van der Waals surface area contributed by atoms with Crippen molar-refractivity contribution in [3.05, 3.63) is 42.1 Å². The van der Waals surface area contributed by atoms with E-state index < -0.39 is 6.36 Å². The normalized spacial score (nSPS) is 11.4. The zero-order valence-electron chi connectivity index (χ0n) is 10.0. The number of aryl methyl sites for hydroxylation is 1. The third-order valence-electron chi connectivity index (χ3n) is 2.43. The Morgan fingerprint density at radius 1 is 1.11 bits per heavy atom. The first-order chi connectivity index (χ1) is 8.87. The number of rotatable bonds is 2. The summed E-state index contributed by atoms with van der Waals surface area (Å²) in [6.45, 7) is 1.73. The van der Waals surface area contributed by atoms with Gasteiger partial charge in [0.1, 0.15) is 5.75 Å². The van der Waals surface area contributed by atoms with E-state index in [0.717, 1.165) is 0 Å². The van der Waals surface area contributed by atoms with Crippen molar-refractivity contribution >= 4 is 5.69 Å². The zero-order chi connectivity index (χ0) is 14.0. The largest absolute Gasteiger partial charge is 0.573 e. The molecule has 3 nitrogen and oxygen atoms in total. The second kappa shape index (κ2) is 4.79. The molecule has 0 radical (unpaired) electrons. The summed E-state index contributed by atoms with van der Waals surface area (Å²) in [5.74, 6) is -0.320. The predicted octanol–water partition coefficient (Wildman–Crippen LogP) is 3.54. The lowest BCUT2D eigenvalue weighted by Crippen LogP contribution is -2.17. The van der Waals surface area contributed by atoms with E-state index >= 15 is 0 Å². The average Bonchev–Trinajstić information content (AvgIpc) is 2.31. The Morgan fingerprint density at radius 2 is 1.79 bits per heavy atom. The zero-order valence-corrected chi connectivity index (χ0v) is 10.0. The van der Waals surface area contributed by atoms with Crippen LogP contribution in [0.5, 0.6) is 5.75 Å². The number of ether oxygens (including phenoxy) is 1. The molecule has 0 bridgehead atoms. The van der Waals surface area contributed by atoms with Gasteiger partial charge in [-0.05, 0) is 31.2 Å². The second-order valence-electron chi connectivity index (χ2n) is 3.93. The van der Waals surface area contributed by atoms with Gasteiger partial charge in [-0.25, -0.2) is 0 Å². The molecule has 0 aliphatic rings. The van der Waals surface area contributed by atoms with E-state index in [4.69, 9.17) is 5.73 Å². The summed E-state index contributed by atoms with van der Waals surface area (Å²) in [6, 6.07) is 9.05. The summed E-state index contributed by atoms with van der Waals surface area (Å²) >= 11 is 0. The molecule has 6 heteroatoms. The Morgan fingerprint density at radius 3 is 2.47 bits per heavy atom. The average molecular weight is 268 g/mol. The predicted molar refractivity (Wildman–Crippen MR) is 65.5 cm³/mol. The first kappa shape index (κ1) is 13.2. The monoisotopic (exact) mass is 268 g/mol. The van der Waals surface area contributed by atoms with E-state index in [9.17, 15) is 13.2 Å². The number of nitrogen functional groups attached to an aromatic ring is 1. The number of benzene rings is 1. The number of alkyl halides is 3. The molecule has 19 heavy (non-hydrogen) atoms. The molecule has 0 spiro atoms. The van der Waals surface area contributed by atoms with E-state index in [0.29, 0.717) is 11.4 Å². The molecule has 1 aromatic heterocycles. The third kappa shape index (κ3) is 3.15. The van der Waals surface area contributed by atoms with Crippen LogP contribution in [0.2, 0.25) is 0 Å². The van der Waals surface area contributed by atoms with Crippen molar-refractivity contribution in [1.82, 2.24) is 4.98 Å². The van der Waals surface area contributed by atoms with Crippen LogP contribution in [0.3, 0.4) is 0 Å². The highest BCUT2D eigenvalue weighted by Gasteiger charge is 2.32. The third-order valence-corrected chi connectivity index (χ3v) is 2.43. The van der Waals surface area contributed by atoms with Crippen molar-refractivity contribution in [1.29, 1.82) is 0 Å². The van der Waals surface area contributed by atoms with Crippen molar-refractivity contribution < 1.29 is 17.9 Å². The fourth-order valence-electron chi connectivity index (χ4n) is 1.66. The van der Waals surface area contributed by atoms with Gasteiger partial charge in [-0.1, -0.05) is 12.1 Å². The van der Waals surface area contributed by atoms with Gasteiger partial charge in [-0.3, -0.25) is 4.98 Å². The maximum absolute atomic E-state index is 12.3. The molecule has 1 aromatic carbocycles. The fraction of sp³-hybridized carbons (Fsp3) is 0.154. The number of aromatic nitrogens is 1. The molecule has 1 heterocycles. The highest BCUT2D eigenvalue weighted by atomic mass is 19.4. The molecule has 2 rings (SSSR count). The van der Waals surface area contributed by atoms with Gasteiger partial charge in [0.2, 0.25) is 0 Å². The second-order valence-corrected chi connectivity index (χ2v) is 3.93. The summed E-state index contributed by atoms with van der Waals surface area (Å²) < 4.78 is 41.0. The maximum atomic E-state index is 12.3. The Hall–Kier alpha value is -2.24. The van der Waals surface area contributed by atoms with Crippen LogP contribution < -0.4 is 10.5 Å². The smallest absolute Gasteiger partial charge is 0.405 e. The Labute approximate surface area is 107 Å². The number of hydrogen-bond donors (Lipinski definition) is 1. The number of pyridine rings is 1. The van der Waals surface area contributed by atoms with Crippen LogP contribution in [0.1, 0.15) is 5.69 Å². The minimum atomic E-state index is -4.76. The maximum Gasteiger partial charge on any atom is 0.573 e. The molecule has 0 aliphatic carbocycles. The molecule has 0 aliphatic heterocycles. The van der Waals surface area contributed by atoms with Gasteiger partial charge in [-0.15, -0.1) is 13.2 Å². The molecular formula is C13H11F3N2O. The van der Waals surface area contributed by atoms with E-state index in [2.05, 4.69) is 9.72 Å². The Bertz CT molecular complexity index is 597. The number of nitrogens with two attached hydrogens (primary N) is 1. The van der Waals surface area contributed by atoms with E-state index in [-0.39, 0.29) is 17.0 Å². The molecule has 0 saturated heterocycles. The van der Waals surface area contributed by atoms with Gasteiger partial charge in [0.05, 0.1) is 11.4 Å². The quantitative estimate of drug-likeness (QED) is 0.906. The standard InChI is InChI=1S/C13H11F3N2O/c1-8-6-7-10(17)12(18-8)9-4-2-3-5-11(9)19-13(14,15)16/h2-7H,17H2,1H3. The van der Waals surface area contributed by atoms with Gasteiger partial charge in [-0.2, -0.15) is 0 Å². The SMILES string of the molecule is Cc1ccc(N)c(-c2ccccc2OC(F)(F)F)n1. The van der Waals surface area contributed by atoms with Crippen LogP contribution in [0, 0.1) is 6.92 Å². The minimum absolute atomic E-state index is 0.209. The summed E-state index contributed by atoms with van der Waals surface area (Å²) in [5, 5.41) is 0. The molecule has 0 amide bonds. The lowest BCUT2D eigenvalue weighted by molar-refractivity contribution is -0.274. The van der Waals surface area contributed by atoms with Gasteiger partial charge in [0.15, 0.2) is 0 Å². The van der Waals surface area contributed by atoms with Gasteiger partial charge in [0.25, 0.3) is 0 Å². The fourth-order valence-corrected chi connectivity index (χ4v) is 1.66. The molecule has 100 valence electrons. The van der Waals surface area contributed by atoms with Gasteiger partial charge >= 0.3 is 6.36 Å². The van der Waals surface area contributed by atoms with Gasteiger partial charge in [0, 0.05) is 11.3 Å². The summed E-state index contributed by atoms with van der Waals surface area (Å²) in [6.07, 6.45) is -4.76. The first-order valence-electron chi connectivity index (χ1n) is 5.45. The molecule has 0 fully saturated rings. The van der Waals surface area contributed by atoms with Crippen molar-refractivity contribution in [2.75, 3.05) is 5.73 Å². The number of para-hydroxylation sites is 1. The molecular weight excluding hydrogens is 257 g/mol. The number of nitrogens with zero attached hydrogens (tertiary/aromatic N) is 1. The van der Waals surface area contributed by atoms with Crippen LogP contribution in [-0.4, -0.2) is 11.3 Å². The van der Waals surface area contributed by atoms with Crippen LogP contribution >= 0.6 is 0 Å². The first-order valence-corrected chi connectivity index (χ1v) is 5.45. The molecule has 2 N–H and O–H groups in total. The van der Waals surface area contributed by atoms with Crippen molar-refractivity contribution in [3.8, 4) is 17.0 Å². The number of halogens is 3. The van der Waals surface area contributed by atoms with E-state index in [1.807, 2.05) is 0 Å². The van der Waals surface area contributed by atoms with Crippen LogP contribution in [0.25, 0.3) is 11.3 Å². The van der Waals surface area contributed by atoms with E-state index in [1.54, 1.807) is 25.1 Å². The lowest BCUT2D eigenvalue weighted by atomic mass is 10.1. The van der Waals surface area contributed by atoms with Gasteiger partial charge < -0.3 is 10.5 Å². The van der Waals surface area contributed by atoms with Crippen molar-refractivity contribution in [2.24, 2.45) is 0 Å². The molecule has 0 unspecified atom stereocenters. The topological polar surface area (TPSA) is 48.1 Å². The van der Waals surface area contributed by atoms with Crippen molar-refractivity contribution in [2.45, 2.75) is 13.3 Å². The minimum Gasteiger partial charge on any atom is -0.405 e. The molecule has 2 aromatic rings. The van der Waals surface area contributed by atoms with Crippen LogP contribution in [-0.2, 0) is 0 Å². The summed E-state index contributed by atoms with van der Waals surface area (Å²) in [4.78, 5) is 4.16. The Kier molecular flexibility index (Phi) is 3.33. The summed E-state index contributed by atoms with van der Waals surface area (Å²) in [5.41, 5.74) is 7.20. The highest BCUT2D eigenvalue weighted by molar-refractivity contribution is 5.77. The van der Waals surface area contributed by atoms with E-state index in [1.165, 1.54) is 18.2 Å². The van der Waals surface area contributed by atoms with Crippen molar-refractivity contribution in [3.63, 3.8) is 0 Å². The Balaban J connectivity index is 2.53. The highest BCUT2D eigenvalue weighted by Crippen LogP contribution is 2.35. The summed E-state index contributed by atoms with van der Waals surface area (Å²) in [7, 11) is 0.